The Morgan fingerprint density at radius 1 is 1.38 bits per heavy atom. The molecular formula is C16H23F2NO2. The first-order valence-corrected chi connectivity index (χ1v) is 7.42. The normalized spacial score (nSPS) is 23.3. The predicted octanol–water partition coefficient (Wildman–Crippen LogP) is 3.58. The molecule has 0 amide bonds. The number of benzene rings is 1. The molecule has 0 radical (unpaired) electrons. The third kappa shape index (κ3) is 3.35. The van der Waals surface area contributed by atoms with E-state index in [4.69, 9.17) is 9.47 Å². The summed E-state index contributed by atoms with van der Waals surface area (Å²) >= 11 is 0. The third-order valence-corrected chi connectivity index (χ3v) is 4.04. The van der Waals surface area contributed by atoms with Gasteiger partial charge in [-0.1, -0.05) is 6.92 Å². The van der Waals surface area contributed by atoms with Crippen molar-refractivity contribution in [1.29, 1.82) is 0 Å². The van der Waals surface area contributed by atoms with Gasteiger partial charge in [-0.3, -0.25) is 0 Å². The van der Waals surface area contributed by atoms with Gasteiger partial charge < -0.3 is 14.8 Å². The van der Waals surface area contributed by atoms with Crippen molar-refractivity contribution in [3.05, 3.63) is 29.3 Å². The molecule has 1 N–H and O–H groups in total. The molecule has 2 unspecified atom stereocenters. The first-order valence-electron chi connectivity index (χ1n) is 7.42. The first-order chi connectivity index (χ1) is 10.0. The van der Waals surface area contributed by atoms with E-state index in [9.17, 15) is 8.78 Å². The molecule has 21 heavy (non-hydrogen) atoms. The van der Waals surface area contributed by atoms with Gasteiger partial charge in [-0.15, -0.1) is 0 Å². The molecule has 0 bridgehead atoms. The Kier molecular flexibility index (Phi) is 5.17. The summed E-state index contributed by atoms with van der Waals surface area (Å²) in [6.07, 6.45) is 2.56. The molecule has 3 nitrogen and oxygen atoms in total. The van der Waals surface area contributed by atoms with Crippen LogP contribution < -0.4 is 10.1 Å². The molecule has 1 aromatic carbocycles. The number of hydrogen-bond donors (Lipinski definition) is 1. The van der Waals surface area contributed by atoms with E-state index in [0.717, 1.165) is 19.3 Å². The van der Waals surface area contributed by atoms with Gasteiger partial charge in [-0.05, 0) is 32.7 Å². The number of methoxy groups -OCH3 is 1. The Balaban J connectivity index is 2.41. The molecule has 1 aliphatic rings. The molecule has 0 aliphatic carbocycles. The van der Waals surface area contributed by atoms with Crippen LogP contribution in [0.1, 0.15) is 44.7 Å². The van der Waals surface area contributed by atoms with E-state index in [0.29, 0.717) is 13.2 Å². The van der Waals surface area contributed by atoms with Crippen molar-refractivity contribution in [2.24, 2.45) is 0 Å². The van der Waals surface area contributed by atoms with Gasteiger partial charge in [-0.25, -0.2) is 8.78 Å². The smallest absolute Gasteiger partial charge is 0.134 e. The third-order valence-electron chi connectivity index (χ3n) is 4.04. The summed E-state index contributed by atoms with van der Waals surface area (Å²) in [5.74, 6) is -1.02. The lowest BCUT2D eigenvalue weighted by Crippen LogP contribution is -2.42. The minimum Gasteiger partial charge on any atom is -0.497 e. The quantitative estimate of drug-likeness (QED) is 0.871. The summed E-state index contributed by atoms with van der Waals surface area (Å²) in [6, 6.07) is 1.93. The zero-order chi connectivity index (χ0) is 15.5. The van der Waals surface area contributed by atoms with Crippen molar-refractivity contribution in [3.8, 4) is 5.75 Å². The molecule has 1 saturated heterocycles. The van der Waals surface area contributed by atoms with Gasteiger partial charge >= 0.3 is 0 Å². The molecule has 0 spiro atoms. The van der Waals surface area contributed by atoms with E-state index >= 15 is 0 Å². The molecular weight excluding hydrogens is 276 g/mol. The van der Waals surface area contributed by atoms with E-state index < -0.39 is 23.3 Å². The van der Waals surface area contributed by atoms with Crippen molar-refractivity contribution in [1.82, 2.24) is 5.32 Å². The Morgan fingerprint density at radius 2 is 2.05 bits per heavy atom. The van der Waals surface area contributed by atoms with Gasteiger partial charge in [0.05, 0.1) is 18.8 Å². The maximum atomic E-state index is 14.4. The molecule has 1 aliphatic heterocycles. The van der Waals surface area contributed by atoms with E-state index in [2.05, 4.69) is 5.32 Å². The Bertz CT molecular complexity index is 464. The van der Waals surface area contributed by atoms with Gasteiger partial charge in [0, 0.05) is 24.3 Å². The monoisotopic (exact) mass is 299 g/mol. The SMILES string of the molecule is CCCNC(c1c(F)cc(OC)cc1F)C1(C)CCCO1. The second-order valence-corrected chi connectivity index (χ2v) is 5.66. The molecule has 2 atom stereocenters. The fourth-order valence-electron chi connectivity index (χ4n) is 2.89. The molecule has 1 fully saturated rings. The van der Waals surface area contributed by atoms with Crippen LogP contribution in [0, 0.1) is 11.6 Å². The minimum atomic E-state index is -0.600. The highest BCUT2D eigenvalue weighted by Crippen LogP contribution is 2.40. The average molecular weight is 299 g/mol. The second kappa shape index (κ2) is 6.71. The molecule has 2 rings (SSSR count). The maximum absolute atomic E-state index is 14.4. The standard InChI is InChI=1S/C16H23F2NO2/c1-4-7-19-15(16(2)6-5-8-21-16)14-12(17)9-11(20-3)10-13(14)18/h9-10,15,19H,4-8H2,1-3H3. The molecule has 0 aromatic heterocycles. The Hall–Kier alpha value is -1.20. The number of ether oxygens (including phenoxy) is 2. The topological polar surface area (TPSA) is 30.5 Å². The van der Waals surface area contributed by atoms with Gasteiger partial charge in [0.2, 0.25) is 0 Å². The number of nitrogens with one attached hydrogen (secondary N) is 1. The highest BCUT2D eigenvalue weighted by Gasteiger charge is 2.41. The van der Waals surface area contributed by atoms with Crippen molar-refractivity contribution in [2.45, 2.75) is 44.8 Å². The Labute approximate surface area is 124 Å². The summed E-state index contributed by atoms with van der Waals surface area (Å²) in [6.45, 7) is 5.23. The lowest BCUT2D eigenvalue weighted by atomic mass is 9.87. The average Bonchev–Trinajstić information content (AvgIpc) is 2.89. The highest BCUT2D eigenvalue weighted by molar-refractivity contribution is 5.34. The molecule has 5 heteroatoms. The summed E-state index contributed by atoms with van der Waals surface area (Å²) in [5.41, 5.74) is -0.556. The minimum absolute atomic E-state index is 0.0358. The van der Waals surface area contributed by atoms with Crippen LogP contribution in [0.3, 0.4) is 0 Å². The van der Waals surface area contributed by atoms with Crippen molar-refractivity contribution in [3.63, 3.8) is 0 Å². The van der Waals surface area contributed by atoms with Gasteiger partial charge in [0.1, 0.15) is 17.4 Å². The van der Waals surface area contributed by atoms with Crippen LogP contribution in [0.5, 0.6) is 5.75 Å². The van der Waals surface area contributed by atoms with Crippen LogP contribution in [-0.2, 0) is 4.74 Å². The first kappa shape index (κ1) is 16.2. The van der Waals surface area contributed by atoms with Crippen LogP contribution in [0.25, 0.3) is 0 Å². The summed E-state index contributed by atoms with van der Waals surface area (Å²) < 4.78 is 39.5. The summed E-state index contributed by atoms with van der Waals surface area (Å²) in [7, 11) is 1.39. The van der Waals surface area contributed by atoms with E-state index in [-0.39, 0.29) is 11.3 Å². The number of rotatable bonds is 6. The van der Waals surface area contributed by atoms with Crippen LogP contribution in [0.4, 0.5) is 8.78 Å². The molecule has 1 aromatic rings. The van der Waals surface area contributed by atoms with Crippen molar-refractivity contribution >= 4 is 0 Å². The van der Waals surface area contributed by atoms with Gasteiger partial charge in [-0.2, -0.15) is 0 Å². The molecule has 118 valence electrons. The largest absolute Gasteiger partial charge is 0.497 e. The summed E-state index contributed by atoms with van der Waals surface area (Å²) in [5, 5.41) is 3.24. The van der Waals surface area contributed by atoms with E-state index in [1.165, 1.54) is 19.2 Å². The maximum Gasteiger partial charge on any atom is 0.134 e. The van der Waals surface area contributed by atoms with E-state index in [1.54, 1.807) is 0 Å². The van der Waals surface area contributed by atoms with Crippen LogP contribution in [0.15, 0.2) is 12.1 Å². The second-order valence-electron chi connectivity index (χ2n) is 5.66. The zero-order valence-corrected chi connectivity index (χ0v) is 12.8. The molecule has 1 heterocycles. The predicted molar refractivity (Wildman–Crippen MR) is 77.5 cm³/mol. The fourth-order valence-corrected chi connectivity index (χ4v) is 2.89. The molecule has 0 saturated carbocycles. The number of hydrogen-bond acceptors (Lipinski definition) is 3. The highest BCUT2D eigenvalue weighted by atomic mass is 19.1. The number of halogens is 2. The van der Waals surface area contributed by atoms with Gasteiger partial charge in [0.15, 0.2) is 0 Å². The van der Waals surface area contributed by atoms with Crippen LogP contribution in [-0.4, -0.2) is 25.9 Å². The van der Waals surface area contributed by atoms with Crippen molar-refractivity contribution in [2.75, 3.05) is 20.3 Å². The zero-order valence-electron chi connectivity index (χ0n) is 12.8. The van der Waals surface area contributed by atoms with Crippen LogP contribution >= 0.6 is 0 Å². The van der Waals surface area contributed by atoms with E-state index in [1.807, 2.05) is 13.8 Å². The van der Waals surface area contributed by atoms with Crippen LogP contribution in [0.2, 0.25) is 0 Å². The lowest BCUT2D eigenvalue weighted by molar-refractivity contribution is -0.0144. The lowest BCUT2D eigenvalue weighted by Gasteiger charge is -2.35. The van der Waals surface area contributed by atoms with Gasteiger partial charge in [0.25, 0.3) is 0 Å². The van der Waals surface area contributed by atoms with Crippen molar-refractivity contribution < 1.29 is 18.3 Å². The summed E-state index contributed by atoms with van der Waals surface area (Å²) in [4.78, 5) is 0. The fraction of sp³-hybridized carbons (Fsp3) is 0.625. The Morgan fingerprint density at radius 3 is 2.52 bits per heavy atom.